The van der Waals surface area contributed by atoms with Crippen LogP contribution in [-0.2, 0) is 4.79 Å². The highest BCUT2D eigenvalue weighted by Crippen LogP contribution is 2.50. The van der Waals surface area contributed by atoms with Crippen molar-refractivity contribution in [3.63, 3.8) is 0 Å². The predicted molar refractivity (Wildman–Crippen MR) is 130 cm³/mol. The van der Waals surface area contributed by atoms with E-state index in [0.29, 0.717) is 48.4 Å². The van der Waals surface area contributed by atoms with Crippen LogP contribution >= 0.6 is 23.4 Å². The van der Waals surface area contributed by atoms with E-state index in [1.54, 1.807) is 15.9 Å². The molecule has 34 heavy (non-hydrogen) atoms. The van der Waals surface area contributed by atoms with E-state index in [0.717, 1.165) is 22.2 Å². The van der Waals surface area contributed by atoms with Gasteiger partial charge in [0.1, 0.15) is 17.5 Å². The lowest BCUT2D eigenvalue weighted by atomic mass is 9.98. The molecule has 3 heterocycles. The number of thioether (sulfide) groups is 1. The minimum atomic E-state index is -1.10. The average molecular weight is 505 g/mol. The molecule has 2 atom stereocenters. The van der Waals surface area contributed by atoms with Gasteiger partial charge in [-0.15, -0.1) is 11.8 Å². The second-order valence-electron chi connectivity index (χ2n) is 8.45. The number of aliphatic imine (C=N–C) groups is 1. The summed E-state index contributed by atoms with van der Waals surface area (Å²) in [5, 5.41) is 11.2. The standard InChI is InChI=1S/C24H23ClF2N4O2S/c1-3-19(32)30-7-6-29(12-13(30)2)23-16-11-17(25)20(15-5-4-14(26)10-18(15)27)22-21(16)31(8-9-34-22)24(33)28-23/h3-5,10-11,13,24,33H,1,6-9,12H2,2H3/t13-,24?/m0/s1. The van der Waals surface area contributed by atoms with Gasteiger partial charge >= 0.3 is 0 Å². The first-order valence-electron chi connectivity index (χ1n) is 11.0. The second-order valence-corrected chi connectivity index (χ2v) is 9.97. The zero-order valence-electron chi connectivity index (χ0n) is 18.5. The van der Waals surface area contributed by atoms with Crippen molar-refractivity contribution in [2.45, 2.75) is 24.2 Å². The van der Waals surface area contributed by atoms with Crippen LogP contribution in [0.1, 0.15) is 12.5 Å². The van der Waals surface area contributed by atoms with Crippen LogP contribution in [0.3, 0.4) is 0 Å². The summed E-state index contributed by atoms with van der Waals surface area (Å²) in [6.45, 7) is 7.65. The zero-order valence-corrected chi connectivity index (χ0v) is 20.0. The molecule has 2 aromatic rings. The lowest BCUT2D eigenvalue weighted by molar-refractivity contribution is -0.129. The Morgan fingerprint density at radius 2 is 2.06 bits per heavy atom. The van der Waals surface area contributed by atoms with E-state index in [2.05, 4.69) is 11.6 Å². The molecule has 0 saturated carbocycles. The van der Waals surface area contributed by atoms with Crippen LogP contribution in [0.25, 0.3) is 11.1 Å². The highest BCUT2D eigenvalue weighted by Gasteiger charge is 2.38. The molecule has 0 spiro atoms. The van der Waals surface area contributed by atoms with Crippen LogP contribution in [0, 0.1) is 11.6 Å². The molecule has 0 radical (unpaired) electrons. The van der Waals surface area contributed by atoms with Crippen LogP contribution in [-0.4, -0.2) is 71.0 Å². The monoisotopic (exact) mass is 504 g/mol. The molecule has 0 bridgehead atoms. The number of anilines is 1. The van der Waals surface area contributed by atoms with Gasteiger partial charge < -0.3 is 19.8 Å². The number of amides is 1. The van der Waals surface area contributed by atoms with Crippen LogP contribution in [0.15, 0.2) is 46.8 Å². The Labute approximate surface area is 205 Å². The number of aliphatic hydroxyl groups is 1. The highest BCUT2D eigenvalue weighted by atomic mass is 35.5. The molecule has 1 saturated heterocycles. The smallest absolute Gasteiger partial charge is 0.246 e. The summed E-state index contributed by atoms with van der Waals surface area (Å²) in [6.07, 6.45) is 0.212. The minimum absolute atomic E-state index is 0.0784. The highest BCUT2D eigenvalue weighted by molar-refractivity contribution is 7.99. The van der Waals surface area contributed by atoms with Gasteiger partial charge in [0.05, 0.1) is 10.7 Å². The molecule has 0 aliphatic carbocycles. The first kappa shape index (κ1) is 23.1. The number of aliphatic hydroxyl groups excluding tert-OH is 1. The maximum atomic E-state index is 14.8. The van der Waals surface area contributed by atoms with Crippen molar-refractivity contribution in [1.29, 1.82) is 0 Å². The summed E-state index contributed by atoms with van der Waals surface area (Å²) in [7, 11) is 0. The van der Waals surface area contributed by atoms with Gasteiger partial charge in [-0.05, 0) is 31.2 Å². The van der Waals surface area contributed by atoms with Crippen molar-refractivity contribution < 1.29 is 18.7 Å². The number of hydrogen-bond donors (Lipinski definition) is 1. The summed E-state index contributed by atoms with van der Waals surface area (Å²) in [5.41, 5.74) is 2.19. The number of carbonyl (C=O) groups excluding carboxylic acids is 1. The predicted octanol–water partition coefficient (Wildman–Crippen LogP) is 3.95. The summed E-state index contributed by atoms with van der Waals surface area (Å²) in [4.78, 5) is 23.1. The quantitative estimate of drug-likeness (QED) is 0.628. The number of hydrogen-bond acceptors (Lipinski definition) is 6. The van der Waals surface area contributed by atoms with Crippen molar-refractivity contribution >= 4 is 40.8 Å². The molecular formula is C24H23ClF2N4O2S. The third-order valence-electron chi connectivity index (χ3n) is 6.42. The molecule has 3 aliphatic heterocycles. The van der Waals surface area contributed by atoms with E-state index in [-0.39, 0.29) is 17.5 Å². The van der Waals surface area contributed by atoms with Gasteiger partial charge in [-0.3, -0.25) is 4.79 Å². The van der Waals surface area contributed by atoms with Crippen molar-refractivity contribution in [2.75, 3.05) is 36.8 Å². The number of rotatable bonds is 2. The van der Waals surface area contributed by atoms with E-state index in [4.69, 9.17) is 11.6 Å². The Hall–Kier alpha value is -2.62. The third kappa shape index (κ3) is 3.76. The summed E-state index contributed by atoms with van der Waals surface area (Å²) < 4.78 is 28.3. The SMILES string of the molecule is C=CC(=O)N1CCN(C2=NC(O)N3CCSc4c(-c5ccc(F)cc5F)c(Cl)cc2c43)C[C@@H]1C. The largest absolute Gasteiger partial charge is 0.355 e. The number of nitrogens with zero attached hydrogens (tertiary/aromatic N) is 4. The molecule has 0 aromatic heterocycles. The molecule has 1 amide bonds. The molecule has 3 aliphatic rings. The Bertz CT molecular complexity index is 1220. The fraction of sp³-hybridized carbons (Fsp3) is 0.333. The Kier molecular flexibility index (Phi) is 6.03. The fourth-order valence-corrected chi connectivity index (χ4v) is 6.42. The van der Waals surface area contributed by atoms with Gasteiger partial charge in [-0.25, -0.2) is 13.8 Å². The van der Waals surface area contributed by atoms with Crippen LogP contribution in [0.5, 0.6) is 0 Å². The molecule has 5 rings (SSSR count). The third-order valence-corrected chi connectivity index (χ3v) is 7.79. The zero-order chi connectivity index (χ0) is 24.1. The fourth-order valence-electron chi connectivity index (χ4n) is 4.84. The van der Waals surface area contributed by atoms with E-state index in [1.165, 1.54) is 30.0 Å². The normalized spacial score (nSPS) is 21.8. The molecule has 1 fully saturated rings. The average Bonchev–Trinajstić information content (AvgIpc) is 2.81. The van der Waals surface area contributed by atoms with E-state index in [1.807, 2.05) is 11.8 Å². The van der Waals surface area contributed by atoms with E-state index < -0.39 is 18.0 Å². The lowest BCUT2D eigenvalue weighted by Crippen LogP contribution is -2.56. The van der Waals surface area contributed by atoms with Crippen molar-refractivity contribution in [3.05, 3.63) is 59.1 Å². The van der Waals surface area contributed by atoms with Gasteiger partial charge in [0.25, 0.3) is 0 Å². The number of piperazine rings is 1. The molecule has 1 unspecified atom stereocenters. The Balaban J connectivity index is 1.60. The minimum Gasteiger partial charge on any atom is -0.355 e. The maximum absolute atomic E-state index is 14.8. The number of benzene rings is 2. The van der Waals surface area contributed by atoms with Gasteiger partial charge in [0.2, 0.25) is 12.3 Å². The van der Waals surface area contributed by atoms with Gasteiger partial charge in [-0.1, -0.05) is 18.2 Å². The molecule has 178 valence electrons. The molecule has 6 nitrogen and oxygen atoms in total. The number of amidine groups is 1. The maximum Gasteiger partial charge on any atom is 0.246 e. The Morgan fingerprint density at radius 3 is 2.76 bits per heavy atom. The topological polar surface area (TPSA) is 59.4 Å². The first-order valence-corrected chi connectivity index (χ1v) is 12.3. The summed E-state index contributed by atoms with van der Waals surface area (Å²) >= 11 is 8.25. The van der Waals surface area contributed by atoms with Crippen molar-refractivity contribution in [1.82, 2.24) is 9.80 Å². The van der Waals surface area contributed by atoms with E-state index >= 15 is 0 Å². The molecule has 10 heteroatoms. The lowest BCUT2D eigenvalue weighted by Gasteiger charge is -2.45. The van der Waals surface area contributed by atoms with Gasteiger partial charge in [-0.2, -0.15) is 0 Å². The Morgan fingerprint density at radius 1 is 1.26 bits per heavy atom. The first-order chi connectivity index (χ1) is 16.3. The van der Waals surface area contributed by atoms with Gasteiger partial charge in [0, 0.05) is 65.6 Å². The number of carbonyl (C=O) groups is 1. The number of halogens is 3. The molecular weight excluding hydrogens is 482 g/mol. The summed E-state index contributed by atoms with van der Waals surface area (Å²) in [6, 6.07) is 5.11. The van der Waals surface area contributed by atoms with Crippen LogP contribution in [0.2, 0.25) is 5.02 Å². The molecule has 1 N–H and O–H groups in total. The second kappa shape index (κ2) is 8.87. The summed E-state index contributed by atoms with van der Waals surface area (Å²) in [5.74, 6) is -0.229. The van der Waals surface area contributed by atoms with Gasteiger partial charge in [0.15, 0.2) is 0 Å². The van der Waals surface area contributed by atoms with Crippen molar-refractivity contribution in [3.8, 4) is 11.1 Å². The van der Waals surface area contributed by atoms with Crippen LogP contribution < -0.4 is 4.90 Å². The van der Waals surface area contributed by atoms with Crippen LogP contribution in [0.4, 0.5) is 14.5 Å². The van der Waals surface area contributed by atoms with E-state index in [9.17, 15) is 18.7 Å². The van der Waals surface area contributed by atoms with Crippen molar-refractivity contribution in [2.24, 2.45) is 4.99 Å². The molecule has 2 aromatic carbocycles.